The highest BCUT2D eigenvalue weighted by Gasteiger charge is 2.22. The first kappa shape index (κ1) is 21.0. The van der Waals surface area contributed by atoms with Gasteiger partial charge in [-0.25, -0.2) is 18.4 Å². The van der Waals surface area contributed by atoms with Crippen molar-refractivity contribution in [2.24, 2.45) is 0 Å². The number of alkyl halides is 2. The Morgan fingerprint density at radius 1 is 1.04 bits per heavy atom. The van der Waals surface area contributed by atoms with Gasteiger partial charge in [0.25, 0.3) is 6.43 Å². The van der Waals surface area contributed by atoms with Crippen LogP contribution in [-0.4, -0.2) is 41.8 Å². The molecule has 1 aromatic carbocycles. The Balaban J connectivity index is 2.31. The molecule has 1 unspecified atom stereocenters. The van der Waals surface area contributed by atoms with Gasteiger partial charge < -0.3 is 14.8 Å². The van der Waals surface area contributed by atoms with Crippen molar-refractivity contribution in [1.82, 2.24) is 9.78 Å². The Morgan fingerprint density at radius 2 is 1.57 bits per heavy atom. The van der Waals surface area contributed by atoms with Crippen molar-refractivity contribution in [3.05, 3.63) is 46.8 Å². The van der Waals surface area contributed by atoms with E-state index >= 15 is 0 Å². The lowest BCUT2D eigenvalue weighted by molar-refractivity contribution is -0.119. The van der Waals surface area contributed by atoms with Crippen molar-refractivity contribution in [2.45, 2.75) is 26.3 Å². The molecule has 2 rings (SSSR count). The van der Waals surface area contributed by atoms with Crippen LogP contribution < -0.4 is 5.32 Å². The Hall–Kier alpha value is -3.30. The van der Waals surface area contributed by atoms with Crippen LogP contribution in [0.1, 0.15) is 51.5 Å². The molecule has 0 spiro atoms. The van der Waals surface area contributed by atoms with E-state index in [1.807, 2.05) is 0 Å². The number of halogens is 2. The summed E-state index contributed by atoms with van der Waals surface area (Å²) in [4.78, 5) is 36.2. The number of carbonyl (C=O) groups is 3. The molecule has 0 aliphatic heterocycles. The standard InChI is InChI=1S/C18H19F2N3O5/c1-9-5-14(15(19)20)22-23(9)10(2)16(24)21-13-7-11(17(25)27-3)6-12(8-13)18(26)28-4/h5-8,10,15H,1-4H3,(H,21,24). The first-order valence-corrected chi connectivity index (χ1v) is 8.14. The maximum absolute atomic E-state index is 12.8. The number of esters is 2. The van der Waals surface area contributed by atoms with E-state index in [-0.39, 0.29) is 16.8 Å². The molecule has 1 N–H and O–H groups in total. The van der Waals surface area contributed by atoms with Crippen LogP contribution in [0.2, 0.25) is 0 Å². The second-order valence-corrected chi connectivity index (χ2v) is 5.90. The van der Waals surface area contributed by atoms with Gasteiger partial charge in [0.05, 0.1) is 25.3 Å². The Labute approximate surface area is 159 Å². The van der Waals surface area contributed by atoms with Crippen molar-refractivity contribution in [3.63, 3.8) is 0 Å². The van der Waals surface area contributed by atoms with Gasteiger partial charge in [0.15, 0.2) is 0 Å². The van der Waals surface area contributed by atoms with Crippen LogP contribution in [0.25, 0.3) is 0 Å². The number of ether oxygens (including phenoxy) is 2. The number of methoxy groups -OCH3 is 2. The SMILES string of the molecule is COC(=O)c1cc(NC(=O)C(C)n2nc(C(F)F)cc2C)cc(C(=O)OC)c1. The molecule has 0 saturated carbocycles. The van der Waals surface area contributed by atoms with Gasteiger partial charge in [-0.2, -0.15) is 5.10 Å². The Kier molecular flexibility index (Phi) is 6.45. The topological polar surface area (TPSA) is 99.5 Å². The van der Waals surface area contributed by atoms with Crippen LogP contribution in [0.5, 0.6) is 0 Å². The second-order valence-electron chi connectivity index (χ2n) is 5.90. The predicted octanol–water partition coefficient (Wildman–Crippen LogP) is 2.90. The van der Waals surface area contributed by atoms with Crippen molar-refractivity contribution in [3.8, 4) is 0 Å². The minimum atomic E-state index is -2.76. The summed E-state index contributed by atoms with van der Waals surface area (Å²) in [6, 6.07) is 4.19. The normalized spacial score (nSPS) is 11.8. The van der Waals surface area contributed by atoms with E-state index in [4.69, 9.17) is 0 Å². The van der Waals surface area contributed by atoms with Gasteiger partial charge >= 0.3 is 11.9 Å². The fraction of sp³-hybridized carbons (Fsp3) is 0.333. The first-order valence-electron chi connectivity index (χ1n) is 8.14. The van der Waals surface area contributed by atoms with Gasteiger partial charge in [-0.15, -0.1) is 0 Å². The molecule has 0 aliphatic carbocycles. The van der Waals surface area contributed by atoms with Crippen LogP contribution in [-0.2, 0) is 14.3 Å². The third-order valence-electron chi connectivity index (χ3n) is 3.95. The summed E-state index contributed by atoms with van der Waals surface area (Å²) >= 11 is 0. The van der Waals surface area contributed by atoms with E-state index in [1.54, 1.807) is 6.92 Å². The van der Waals surface area contributed by atoms with Crippen molar-refractivity contribution in [1.29, 1.82) is 0 Å². The smallest absolute Gasteiger partial charge is 0.337 e. The zero-order chi connectivity index (χ0) is 21.0. The van der Waals surface area contributed by atoms with E-state index in [1.165, 1.54) is 50.1 Å². The largest absolute Gasteiger partial charge is 0.465 e. The average Bonchev–Trinajstić information content (AvgIpc) is 3.07. The minimum Gasteiger partial charge on any atom is -0.465 e. The summed E-state index contributed by atoms with van der Waals surface area (Å²) in [6.07, 6.45) is -2.76. The lowest BCUT2D eigenvalue weighted by Crippen LogP contribution is -2.25. The Bertz CT molecular complexity index is 876. The molecule has 0 bridgehead atoms. The number of anilines is 1. The van der Waals surface area contributed by atoms with Gasteiger partial charge in [0.1, 0.15) is 11.7 Å². The molecule has 0 fully saturated rings. The van der Waals surface area contributed by atoms with Crippen LogP contribution >= 0.6 is 0 Å². The molecular formula is C18H19F2N3O5. The van der Waals surface area contributed by atoms with Crippen molar-refractivity contribution in [2.75, 3.05) is 19.5 Å². The molecule has 1 aromatic heterocycles. The second kappa shape index (κ2) is 8.59. The molecule has 0 radical (unpaired) electrons. The summed E-state index contributed by atoms with van der Waals surface area (Å²) in [7, 11) is 2.35. The number of benzene rings is 1. The fourth-order valence-corrected chi connectivity index (χ4v) is 2.54. The number of hydrogen-bond donors (Lipinski definition) is 1. The van der Waals surface area contributed by atoms with E-state index in [2.05, 4.69) is 19.9 Å². The van der Waals surface area contributed by atoms with Gasteiger partial charge in [-0.1, -0.05) is 0 Å². The maximum atomic E-state index is 12.8. The number of nitrogens with one attached hydrogen (secondary N) is 1. The number of hydrogen-bond acceptors (Lipinski definition) is 6. The molecule has 28 heavy (non-hydrogen) atoms. The average molecular weight is 395 g/mol. The first-order chi connectivity index (χ1) is 13.2. The molecule has 10 heteroatoms. The van der Waals surface area contributed by atoms with Gasteiger partial charge in [-0.05, 0) is 38.1 Å². The molecule has 150 valence electrons. The van der Waals surface area contributed by atoms with E-state index < -0.39 is 36.0 Å². The Morgan fingerprint density at radius 3 is 2.00 bits per heavy atom. The van der Waals surface area contributed by atoms with E-state index in [9.17, 15) is 23.2 Å². The number of amides is 1. The fourth-order valence-electron chi connectivity index (χ4n) is 2.54. The van der Waals surface area contributed by atoms with Crippen molar-refractivity contribution < 1.29 is 32.6 Å². The molecule has 8 nitrogen and oxygen atoms in total. The predicted molar refractivity (Wildman–Crippen MR) is 94.4 cm³/mol. The highest BCUT2D eigenvalue weighted by Crippen LogP contribution is 2.22. The quantitative estimate of drug-likeness (QED) is 0.755. The highest BCUT2D eigenvalue weighted by atomic mass is 19.3. The summed E-state index contributed by atoms with van der Waals surface area (Å²) in [6.45, 7) is 3.03. The van der Waals surface area contributed by atoms with E-state index in [0.29, 0.717) is 5.69 Å². The molecule has 2 aromatic rings. The summed E-state index contributed by atoms with van der Waals surface area (Å²) in [5.74, 6) is -2.00. The monoisotopic (exact) mass is 395 g/mol. The van der Waals surface area contributed by atoms with Crippen LogP contribution in [0.4, 0.5) is 14.5 Å². The summed E-state index contributed by atoms with van der Waals surface area (Å²) in [5, 5.41) is 6.29. The molecule has 1 heterocycles. The van der Waals surface area contributed by atoms with Crippen LogP contribution in [0.15, 0.2) is 24.3 Å². The third kappa shape index (κ3) is 4.51. The van der Waals surface area contributed by atoms with Gasteiger partial charge in [-0.3, -0.25) is 9.48 Å². The lowest BCUT2D eigenvalue weighted by atomic mass is 10.1. The number of nitrogens with zero attached hydrogens (tertiary/aromatic N) is 2. The van der Waals surface area contributed by atoms with Gasteiger partial charge in [0.2, 0.25) is 5.91 Å². The number of aromatic nitrogens is 2. The summed E-state index contributed by atoms with van der Waals surface area (Å²) < 4.78 is 36.1. The van der Waals surface area contributed by atoms with Crippen molar-refractivity contribution >= 4 is 23.5 Å². The van der Waals surface area contributed by atoms with Crippen LogP contribution in [0.3, 0.4) is 0 Å². The third-order valence-corrected chi connectivity index (χ3v) is 3.95. The molecular weight excluding hydrogens is 376 g/mol. The molecule has 0 saturated heterocycles. The molecule has 0 aliphatic rings. The number of rotatable bonds is 6. The number of aryl methyl sites for hydroxylation is 1. The lowest BCUT2D eigenvalue weighted by Gasteiger charge is -2.15. The highest BCUT2D eigenvalue weighted by molar-refractivity contribution is 6.00. The summed E-state index contributed by atoms with van der Waals surface area (Å²) in [5.41, 5.74) is 0.153. The van der Waals surface area contributed by atoms with Crippen LogP contribution in [0, 0.1) is 6.92 Å². The van der Waals surface area contributed by atoms with Gasteiger partial charge in [0, 0.05) is 11.4 Å². The molecule has 1 atom stereocenters. The molecule has 1 amide bonds. The minimum absolute atomic E-state index is 0.0311. The zero-order valence-corrected chi connectivity index (χ0v) is 15.7. The van der Waals surface area contributed by atoms with E-state index in [0.717, 1.165) is 0 Å². The maximum Gasteiger partial charge on any atom is 0.337 e. The zero-order valence-electron chi connectivity index (χ0n) is 15.7. The number of carbonyl (C=O) groups excluding carboxylic acids is 3.